The van der Waals surface area contributed by atoms with E-state index >= 15 is 0 Å². The highest BCUT2D eigenvalue weighted by Gasteiger charge is 2.16. The lowest BCUT2D eigenvalue weighted by molar-refractivity contribution is 0.413. The average Bonchev–Trinajstić information content (AvgIpc) is 2.78. The van der Waals surface area contributed by atoms with Crippen LogP contribution >= 0.6 is 15.9 Å². The van der Waals surface area contributed by atoms with Crippen LogP contribution in [-0.4, -0.2) is 6.54 Å². The van der Waals surface area contributed by atoms with Gasteiger partial charge in [-0.1, -0.05) is 35.0 Å². The molecule has 0 fully saturated rings. The predicted octanol–water partition coefficient (Wildman–Crippen LogP) is 4.24. The van der Waals surface area contributed by atoms with Gasteiger partial charge in [-0.05, 0) is 49.2 Å². The molecule has 1 aromatic heterocycles. The monoisotopic (exact) mass is 307 g/mol. The maximum absolute atomic E-state index is 5.60. The molecule has 1 unspecified atom stereocenters. The highest BCUT2D eigenvalue weighted by molar-refractivity contribution is 9.10. The Hall–Kier alpha value is -1.06. The third-order valence-corrected chi connectivity index (χ3v) is 3.55. The van der Waals surface area contributed by atoms with Gasteiger partial charge in [-0.15, -0.1) is 0 Å². The number of likely N-dealkylation sites (N-methyl/N-ethyl adjacent to an activating group) is 1. The van der Waals surface area contributed by atoms with E-state index in [1.807, 2.05) is 6.07 Å². The highest BCUT2D eigenvalue weighted by atomic mass is 79.9. The Morgan fingerprint density at radius 2 is 1.94 bits per heavy atom. The van der Waals surface area contributed by atoms with Crippen molar-refractivity contribution in [3.05, 3.63) is 58.0 Å². The van der Waals surface area contributed by atoms with Gasteiger partial charge in [0.2, 0.25) is 0 Å². The maximum atomic E-state index is 5.60. The summed E-state index contributed by atoms with van der Waals surface area (Å²) < 4.78 is 6.71. The van der Waals surface area contributed by atoms with Crippen molar-refractivity contribution in [2.75, 3.05) is 6.54 Å². The maximum Gasteiger partial charge on any atom is 0.123 e. The molecule has 1 heterocycles. The molecule has 0 aliphatic carbocycles. The van der Waals surface area contributed by atoms with E-state index in [9.17, 15) is 0 Å². The number of aryl methyl sites for hydroxylation is 1. The van der Waals surface area contributed by atoms with E-state index in [0.717, 1.165) is 23.2 Å². The fourth-order valence-electron chi connectivity index (χ4n) is 2.10. The Morgan fingerprint density at radius 1 is 1.22 bits per heavy atom. The summed E-state index contributed by atoms with van der Waals surface area (Å²) in [4.78, 5) is 0. The van der Waals surface area contributed by atoms with Crippen LogP contribution in [0.3, 0.4) is 0 Å². The van der Waals surface area contributed by atoms with Gasteiger partial charge < -0.3 is 9.73 Å². The van der Waals surface area contributed by atoms with Crippen molar-refractivity contribution in [2.45, 2.75) is 26.3 Å². The van der Waals surface area contributed by atoms with Gasteiger partial charge >= 0.3 is 0 Å². The first kappa shape index (κ1) is 13.4. The molecule has 0 bridgehead atoms. The Labute approximate surface area is 117 Å². The molecular weight excluding hydrogens is 290 g/mol. The van der Waals surface area contributed by atoms with Gasteiger partial charge in [-0.2, -0.15) is 0 Å². The Kier molecular flexibility index (Phi) is 4.61. The molecule has 2 aromatic rings. The smallest absolute Gasteiger partial charge is 0.123 e. The summed E-state index contributed by atoms with van der Waals surface area (Å²) in [6, 6.07) is 10.7. The molecule has 2 nitrogen and oxygen atoms in total. The molecule has 0 aliphatic rings. The molecule has 0 spiro atoms. The number of furan rings is 1. The average molecular weight is 308 g/mol. The molecule has 0 aliphatic heterocycles. The molecule has 0 radical (unpaired) electrons. The number of nitrogens with one attached hydrogen (secondary N) is 1. The fourth-order valence-corrected chi connectivity index (χ4v) is 2.37. The summed E-state index contributed by atoms with van der Waals surface area (Å²) in [5.74, 6) is 1.04. The number of halogens is 1. The van der Waals surface area contributed by atoms with Gasteiger partial charge in [0.1, 0.15) is 5.76 Å². The third-order valence-electron chi connectivity index (χ3n) is 3.02. The Morgan fingerprint density at radius 3 is 2.50 bits per heavy atom. The van der Waals surface area contributed by atoms with Gasteiger partial charge in [0.25, 0.3) is 0 Å². The van der Waals surface area contributed by atoms with E-state index in [2.05, 4.69) is 59.4 Å². The van der Waals surface area contributed by atoms with E-state index < -0.39 is 0 Å². The zero-order valence-electron chi connectivity index (χ0n) is 10.7. The Bertz CT molecular complexity index is 489. The third kappa shape index (κ3) is 3.24. The molecule has 1 N–H and O–H groups in total. The van der Waals surface area contributed by atoms with Gasteiger partial charge in [0.15, 0.2) is 0 Å². The normalized spacial score (nSPS) is 12.6. The Balaban J connectivity index is 2.16. The van der Waals surface area contributed by atoms with Crippen LogP contribution in [0, 0.1) is 6.92 Å². The standard InChI is InChI=1S/C15H18BrNO/c1-3-17-14(15-11(2)8-9-18-15)10-12-4-6-13(16)7-5-12/h4-9,14,17H,3,10H2,1-2H3. The number of hydrogen-bond donors (Lipinski definition) is 1. The number of rotatable bonds is 5. The molecule has 0 saturated heterocycles. The minimum atomic E-state index is 0.242. The first-order chi connectivity index (χ1) is 8.70. The van der Waals surface area contributed by atoms with Crippen molar-refractivity contribution >= 4 is 15.9 Å². The topological polar surface area (TPSA) is 25.2 Å². The van der Waals surface area contributed by atoms with Gasteiger partial charge in [0.05, 0.1) is 12.3 Å². The summed E-state index contributed by atoms with van der Waals surface area (Å²) in [7, 11) is 0. The summed E-state index contributed by atoms with van der Waals surface area (Å²) in [6.45, 7) is 5.14. The van der Waals surface area contributed by atoms with Crippen LogP contribution < -0.4 is 5.32 Å². The lowest BCUT2D eigenvalue weighted by atomic mass is 10.0. The molecule has 96 valence electrons. The number of benzene rings is 1. The van der Waals surface area contributed by atoms with Crippen LogP contribution in [0.5, 0.6) is 0 Å². The van der Waals surface area contributed by atoms with Crippen LogP contribution in [0.1, 0.15) is 29.9 Å². The number of hydrogen-bond acceptors (Lipinski definition) is 2. The summed E-state index contributed by atoms with van der Waals surface area (Å²) in [5, 5.41) is 3.48. The molecule has 0 saturated carbocycles. The summed E-state index contributed by atoms with van der Waals surface area (Å²) in [6.07, 6.45) is 2.70. The molecule has 3 heteroatoms. The van der Waals surface area contributed by atoms with Crippen LogP contribution in [0.25, 0.3) is 0 Å². The van der Waals surface area contributed by atoms with Crippen LogP contribution in [0.2, 0.25) is 0 Å². The van der Waals surface area contributed by atoms with Crippen molar-refractivity contribution in [3.8, 4) is 0 Å². The zero-order chi connectivity index (χ0) is 13.0. The second kappa shape index (κ2) is 6.21. The van der Waals surface area contributed by atoms with Crippen molar-refractivity contribution in [2.24, 2.45) is 0 Å². The van der Waals surface area contributed by atoms with E-state index in [0.29, 0.717) is 0 Å². The second-order valence-corrected chi connectivity index (χ2v) is 5.32. The van der Waals surface area contributed by atoms with E-state index in [1.54, 1.807) is 6.26 Å². The SMILES string of the molecule is CCNC(Cc1ccc(Br)cc1)c1occc1C. The quantitative estimate of drug-likeness (QED) is 0.893. The van der Waals surface area contributed by atoms with Crippen LogP contribution in [0.4, 0.5) is 0 Å². The minimum Gasteiger partial charge on any atom is -0.467 e. The molecule has 1 atom stereocenters. The molecule has 1 aromatic carbocycles. The zero-order valence-corrected chi connectivity index (χ0v) is 12.3. The lowest BCUT2D eigenvalue weighted by Gasteiger charge is -2.16. The highest BCUT2D eigenvalue weighted by Crippen LogP contribution is 2.23. The molecule has 0 amide bonds. The summed E-state index contributed by atoms with van der Waals surface area (Å²) >= 11 is 3.46. The second-order valence-electron chi connectivity index (χ2n) is 4.41. The molecule has 18 heavy (non-hydrogen) atoms. The van der Waals surface area contributed by atoms with Crippen molar-refractivity contribution in [3.63, 3.8) is 0 Å². The first-order valence-electron chi connectivity index (χ1n) is 6.22. The van der Waals surface area contributed by atoms with Crippen molar-refractivity contribution in [1.29, 1.82) is 0 Å². The van der Waals surface area contributed by atoms with Gasteiger partial charge in [0, 0.05) is 4.47 Å². The summed E-state index contributed by atoms with van der Waals surface area (Å²) in [5.41, 5.74) is 2.51. The largest absolute Gasteiger partial charge is 0.467 e. The van der Waals surface area contributed by atoms with E-state index in [-0.39, 0.29) is 6.04 Å². The molecular formula is C15H18BrNO. The lowest BCUT2D eigenvalue weighted by Crippen LogP contribution is -2.23. The van der Waals surface area contributed by atoms with E-state index in [4.69, 9.17) is 4.42 Å². The van der Waals surface area contributed by atoms with Gasteiger partial charge in [-0.25, -0.2) is 0 Å². The molecule has 2 rings (SSSR count). The predicted molar refractivity (Wildman–Crippen MR) is 77.7 cm³/mol. The first-order valence-corrected chi connectivity index (χ1v) is 7.01. The van der Waals surface area contributed by atoms with Crippen LogP contribution in [0.15, 0.2) is 45.5 Å². The van der Waals surface area contributed by atoms with Crippen molar-refractivity contribution in [1.82, 2.24) is 5.32 Å². The van der Waals surface area contributed by atoms with Crippen molar-refractivity contribution < 1.29 is 4.42 Å². The fraction of sp³-hybridized carbons (Fsp3) is 0.333. The van der Waals surface area contributed by atoms with Gasteiger partial charge in [-0.3, -0.25) is 0 Å². The van der Waals surface area contributed by atoms with E-state index in [1.165, 1.54) is 11.1 Å². The van der Waals surface area contributed by atoms with Crippen LogP contribution in [-0.2, 0) is 6.42 Å². The minimum absolute atomic E-state index is 0.242.